The number of pyridine rings is 1. The van der Waals surface area contributed by atoms with Crippen molar-refractivity contribution in [2.24, 2.45) is 0 Å². The Kier molecular flexibility index (Phi) is 6.70. The van der Waals surface area contributed by atoms with E-state index in [4.69, 9.17) is 4.74 Å². The van der Waals surface area contributed by atoms with E-state index in [1.54, 1.807) is 6.07 Å². The highest BCUT2D eigenvalue weighted by molar-refractivity contribution is 5.80. The Bertz CT molecular complexity index is 960. The van der Waals surface area contributed by atoms with Crippen molar-refractivity contribution in [1.29, 1.82) is 0 Å². The SMILES string of the molecule is O=C(CCCCc1ccc2c(n1)NCCC2)NC[C@@H](C(=O)O)c1ccc2c(c1)OCC2. The summed E-state index contributed by atoms with van der Waals surface area (Å²) in [6.07, 6.45) is 5.88. The number of amides is 1. The number of anilines is 1. The van der Waals surface area contributed by atoms with Gasteiger partial charge in [-0.15, -0.1) is 0 Å². The Balaban J connectivity index is 1.21. The van der Waals surface area contributed by atoms with Gasteiger partial charge in [0, 0.05) is 31.6 Å². The second-order valence-electron chi connectivity index (χ2n) is 8.21. The maximum absolute atomic E-state index is 12.2. The van der Waals surface area contributed by atoms with Crippen LogP contribution in [0.1, 0.15) is 54.0 Å². The molecular formula is C24H29N3O4. The summed E-state index contributed by atoms with van der Waals surface area (Å²) in [5.74, 6) is -0.112. The second-order valence-corrected chi connectivity index (χ2v) is 8.21. The number of carbonyl (C=O) groups is 2. The van der Waals surface area contributed by atoms with Gasteiger partial charge in [-0.3, -0.25) is 9.59 Å². The summed E-state index contributed by atoms with van der Waals surface area (Å²) in [4.78, 5) is 28.6. The number of carbonyl (C=O) groups excluding carboxylic acids is 1. The van der Waals surface area contributed by atoms with E-state index in [-0.39, 0.29) is 12.5 Å². The number of fused-ring (bicyclic) bond motifs is 2. The van der Waals surface area contributed by atoms with Gasteiger partial charge in [0.25, 0.3) is 0 Å². The monoisotopic (exact) mass is 423 g/mol. The lowest BCUT2D eigenvalue weighted by atomic mass is 9.97. The molecule has 2 aromatic rings. The first-order valence-corrected chi connectivity index (χ1v) is 11.1. The van der Waals surface area contributed by atoms with Crippen molar-refractivity contribution in [2.45, 2.75) is 50.9 Å². The van der Waals surface area contributed by atoms with Crippen LogP contribution < -0.4 is 15.4 Å². The fourth-order valence-electron chi connectivity index (χ4n) is 4.15. The summed E-state index contributed by atoms with van der Waals surface area (Å²) in [6, 6.07) is 9.74. The average molecular weight is 424 g/mol. The van der Waals surface area contributed by atoms with Gasteiger partial charge in [0.2, 0.25) is 5.91 Å². The Morgan fingerprint density at radius 1 is 1.16 bits per heavy atom. The third-order valence-electron chi connectivity index (χ3n) is 5.96. The number of carboxylic acids is 1. The normalized spacial score (nSPS) is 15.2. The first-order chi connectivity index (χ1) is 15.1. The van der Waals surface area contributed by atoms with E-state index in [2.05, 4.69) is 27.8 Å². The van der Waals surface area contributed by atoms with Crippen molar-refractivity contribution in [2.75, 3.05) is 25.0 Å². The minimum absolute atomic E-state index is 0.0744. The number of hydrogen-bond donors (Lipinski definition) is 3. The number of nitrogens with zero attached hydrogens (tertiary/aromatic N) is 1. The van der Waals surface area contributed by atoms with Crippen LogP contribution in [0.4, 0.5) is 5.82 Å². The van der Waals surface area contributed by atoms with Crippen LogP contribution in [0.15, 0.2) is 30.3 Å². The third-order valence-corrected chi connectivity index (χ3v) is 5.96. The van der Waals surface area contributed by atoms with Crippen LogP contribution in [0.25, 0.3) is 0 Å². The summed E-state index contributed by atoms with van der Waals surface area (Å²) in [6.45, 7) is 1.68. The molecule has 0 saturated carbocycles. The van der Waals surface area contributed by atoms with Gasteiger partial charge in [-0.05, 0) is 60.9 Å². The lowest BCUT2D eigenvalue weighted by molar-refractivity contribution is -0.138. The maximum Gasteiger partial charge on any atom is 0.312 e. The van der Waals surface area contributed by atoms with Crippen molar-refractivity contribution < 1.29 is 19.4 Å². The fraction of sp³-hybridized carbons (Fsp3) is 0.458. The van der Waals surface area contributed by atoms with Crippen molar-refractivity contribution in [3.8, 4) is 5.75 Å². The van der Waals surface area contributed by atoms with Gasteiger partial charge in [0.05, 0.1) is 12.5 Å². The Hall–Kier alpha value is -3.09. The molecule has 0 aliphatic carbocycles. The molecule has 1 aromatic carbocycles. The zero-order valence-corrected chi connectivity index (χ0v) is 17.7. The molecule has 0 spiro atoms. The molecule has 1 aromatic heterocycles. The van der Waals surface area contributed by atoms with Gasteiger partial charge in [-0.25, -0.2) is 4.98 Å². The summed E-state index contributed by atoms with van der Waals surface area (Å²) in [5, 5.41) is 15.7. The summed E-state index contributed by atoms with van der Waals surface area (Å²) in [7, 11) is 0. The van der Waals surface area contributed by atoms with Crippen LogP contribution in [0.2, 0.25) is 0 Å². The smallest absolute Gasteiger partial charge is 0.312 e. The van der Waals surface area contributed by atoms with Gasteiger partial charge < -0.3 is 20.5 Å². The number of carboxylic acid groups (broad SMARTS) is 1. The number of nitrogens with one attached hydrogen (secondary N) is 2. The number of rotatable bonds is 9. The zero-order valence-electron chi connectivity index (χ0n) is 17.7. The molecular weight excluding hydrogens is 394 g/mol. The molecule has 3 N–H and O–H groups in total. The number of aryl methyl sites for hydroxylation is 2. The number of hydrogen-bond acceptors (Lipinski definition) is 5. The van der Waals surface area contributed by atoms with Gasteiger partial charge >= 0.3 is 5.97 Å². The first kappa shape index (κ1) is 21.2. The first-order valence-electron chi connectivity index (χ1n) is 11.1. The number of ether oxygens (including phenoxy) is 1. The highest BCUT2D eigenvalue weighted by Gasteiger charge is 2.23. The highest BCUT2D eigenvalue weighted by Crippen LogP contribution is 2.29. The molecule has 31 heavy (non-hydrogen) atoms. The van der Waals surface area contributed by atoms with Gasteiger partial charge in [0.1, 0.15) is 11.6 Å². The van der Waals surface area contributed by atoms with Crippen molar-refractivity contribution >= 4 is 17.7 Å². The molecule has 7 heteroatoms. The lowest BCUT2D eigenvalue weighted by Gasteiger charge is -2.17. The van der Waals surface area contributed by atoms with Gasteiger partial charge in [-0.1, -0.05) is 18.2 Å². The predicted octanol–water partition coefficient (Wildman–Crippen LogP) is 3.07. The summed E-state index contributed by atoms with van der Waals surface area (Å²) >= 11 is 0. The van der Waals surface area contributed by atoms with E-state index in [1.807, 2.05) is 12.1 Å². The Morgan fingerprint density at radius 3 is 2.90 bits per heavy atom. The van der Waals surface area contributed by atoms with E-state index >= 15 is 0 Å². The third kappa shape index (κ3) is 5.34. The summed E-state index contributed by atoms with van der Waals surface area (Å²) < 4.78 is 5.54. The minimum atomic E-state index is -0.953. The minimum Gasteiger partial charge on any atom is -0.493 e. The highest BCUT2D eigenvalue weighted by atomic mass is 16.5. The van der Waals surface area contributed by atoms with E-state index < -0.39 is 11.9 Å². The second kappa shape index (κ2) is 9.81. The molecule has 0 fully saturated rings. The molecule has 2 aliphatic rings. The Labute approximate surface area is 182 Å². The molecule has 0 bridgehead atoms. The topological polar surface area (TPSA) is 101 Å². The molecule has 1 atom stereocenters. The molecule has 0 saturated heterocycles. The zero-order chi connectivity index (χ0) is 21.6. The molecule has 3 heterocycles. The van der Waals surface area contributed by atoms with Crippen LogP contribution in [0, 0.1) is 0 Å². The largest absolute Gasteiger partial charge is 0.493 e. The average Bonchev–Trinajstić information content (AvgIpc) is 3.24. The number of aliphatic carboxylic acids is 1. The number of unbranched alkanes of at least 4 members (excludes halogenated alkanes) is 1. The number of aromatic nitrogens is 1. The quantitative estimate of drug-likeness (QED) is 0.536. The number of benzene rings is 1. The molecule has 7 nitrogen and oxygen atoms in total. The van der Waals surface area contributed by atoms with Crippen molar-refractivity contribution in [3.63, 3.8) is 0 Å². The maximum atomic E-state index is 12.2. The van der Waals surface area contributed by atoms with E-state index in [9.17, 15) is 14.7 Å². The van der Waals surface area contributed by atoms with Crippen LogP contribution in [0.5, 0.6) is 5.75 Å². The molecule has 0 radical (unpaired) electrons. The molecule has 4 rings (SSSR count). The van der Waals surface area contributed by atoms with E-state index in [0.717, 1.165) is 67.9 Å². The van der Waals surface area contributed by atoms with Crippen molar-refractivity contribution in [3.05, 3.63) is 52.7 Å². The van der Waals surface area contributed by atoms with Crippen molar-refractivity contribution in [1.82, 2.24) is 10.3 Å². The van der Waals surface area contributed by atoms with Gasteiger partial charge in [-0.2, -0.15) is 0 Å². The molecule has 2 aliphatic heterocycles. The van der Waals surface area contributed by atoms with Crippen LogP contribution in [-0.4, -0.2) is 41.7 Å². The fourth-order valence-corrected chi connectivity index (χ4v) is 4.15. The van der Waals surface area contributed by atoms with E-state index in [1.165, 1.54) is 5.56 Å². The van der Waals surface area contributed by atoms with Gasteiger partial charge in [0.15, 0.2) is 0 Å². The summed E-state index contributed by atoms with van der Waals surface area (Å²) in [5.41, 5.74) is 4.07. The standard InChI is InChI=1S/C24H29N3O4/c28-22(6-2-1-5-19-10-9-17-4-3-12-25-23(17)27-19)26-15-20(24(29)30)18-8-7-16-11-13-31-21(16)14-18/h7-10,14,20H,1-6,11-13,15H2,(H,25,27)(H,26,28)(H,29,30)/t20-/m1/s1. The molecule has 1 amide bonds. The van der Waals surface area contributed by atoms with E-state index in [0.29, 0.717) is 18.6 Å². The molecule has 0 unspecified atom stereocenters. The van der Waals surface area contributed by atoms with Crippen LogP contribution in [0.3, 0.4) is 0 Å². The predicted molar refractivity (Wildman–Crippen MR) is 118 cm³/mol. The Morgan fingerprint density at radius 2 is 2.03 bits per heavy atom. The van der Waals surface area contributed by atoms with Crippen LogP contribution in [-0.2, 0) is 28.9 Å². The lowest BCUT2D eigenvalue weighted by Crippen LogP contribution is -2.31. The molecule has 164 valence electrons. The van der Waals surface area contributed by atoms with Crippen LogP contribution >= 0.6 is 0 Å².